The minimum atomic E-state index is -0.326. The van der Waals surface area contributed by atoms with Crippen LogP contribution in [0.3, 0.4) is 0 Å². The number of hydrogen-bond acceptors (Lipinski definition) is 4. The number of cyclic esters (lactones) is 1. The van der Waals surface area contributed by atoms with Crippen LogP contribution in [0.4, 0.5) is 4.39 Å². The molecule has 1 amide bonds. The molecule has 37 heavy (non-hydrogen) atoms. The smallest absolute Gasteiger partial charge is 0.306 e. The number of ether oxygens (including phenoxy) is 1. The average molecular weight is 510 g/mol. The summed E-state index contributed by atoms with van der Waals surface area (Å²) in [5, 5.41) is 7.98. The van der Waals surface area contributed by atoms with Gasteiger partial charge in [0.2, 0.25) is 0 Å². The van der Waals surface area contributed by atoms with Gasteiger partial charge in [0.1, 0.15) is 11.9 Å². The number of benzene rings is 1. The molecule has 7 heteroatoms. The highest BCUT2D eigenvalue weighted by atomic mass is 19.1. The number of esters is 1. The van der Waals surface area contributed by atoms with E-state index in [1.165, 1.54) is 17.7 Å². The van der Waals surface area contributed by atoms with E-state index in [1.54, 1.807) is 16.8 Å². The molecule has 2 heterocycles. The fourth-order valence-electron chi connectivity index (χ4n) is 5.59. The Kier molecular flexibility index (Phi) is 8.20. The lowest BCUT2D eigenvalue weighted by atomic mass is 9.69. The monoisotopic (exact) mass is 509 g/mol. The summed E-state index contributed by atoms with van der Waals surface area (Å²) in [5.74, 6) is -0.146. The number of hydrogen-bond donors (Lipinski definition) is 1. The van der Waals surface area contributed by atoms with E-state index >= 15 is 0 Å². The predicted molar refractivity (Wildman–Crippen MR) is 142 cm³/mol. The van der Waals surface area contributed by atoms with Crippen molar-refractivity contribution in [2.75, 3.05) is 6.54 Å². The molecule has 1 N–H and O–H groups in total. The molecule has 3 atom stereocenters. The van der Waals surface area contributed by atoms with E-state index in [9.17, 15) is 14.0 Å². The summed E-state index contributed by atoms with van der Waals surface area (Å²) < 4.78 is 21.0. The maximum Gasteiger partial charge on any atom is 0.306 e. The lowest BCUT2D eigenvalue weighted by Gasteiger charge is -2.38. The van der Waals surface area contributed by atoms with Gasteiger partial charge in [-0.3, -0.25) is 9.59 Å². The third kappa shape index (κ3) is 6.13. The topological polar surface area (TPSA) is 73.2 Å². The molecule has 2 aromatic rings. The van der Waals surface area contributed by atoms with E-state index < -0.39 is 0 Å². The van der Waals surface area contributed by atoms with Crippen molar-refractivity contribution < 1.29 is 18.7 Å². The third-order valence-corrected chi connectivity index (χ3v) is 8.18. The summed E-state index contributed by atoms with van der Waals surface area (Å²) in [6, 6.07) is 6.16. The number of aromatic nitrogens is 2. The normalized spacial score (nSPS) is 24.1. The minimum Gasteiger partial charge on any atom is -0.462 e. The molecule has 0 radical (unpaired) electrons. The predicted octanol–water partition coefficient (Wildman–Crippen LogP) is 6.28. The first-order valence-corrected chi connectivity index (χ1v) is 13.6. The van der Waals surface area contributed by atoms with Crippen LogP contribution in [0, 0.1) is 17.2 Å². The molecule has 4 rings (SSSR count). The number of nitrogens with zero attached hydrogens (tertiary/aromatic N) is 2. The molecule has 1 fully saturated rings. The van der Waals surface area contributed by atoms with Crippen molar-refractivity contribution in [1.82, 2.24) is 15.1 Å². The molecule has 1 aliphatic heterocycles. The highest BCUT2D eigenvalue weighted by Gasteiger charge is 2.34. The van der Waals surface area contributed by atoms with E-state index in [4.69, 9.17) is 9.84 Å². The van der Waals surface area contributed by atoms with E-state index in [-0.39, 0.29) is 35.1 Å². The molecule has 0 spiro atoms. The molecule has 0 saturated carbocycles. The van der Waals surface area contributed by atoms with Crippen LogP contribution >= 0.6 is 0 Å². The van der Waals surface area contributed by atoms with Gasteiger partial charge in [0.15, 0.2) is 5.69 Å². The first kappa shape index (κ1) is 27.1. The second-order valence-electron chi connectivity index (χ2n) is 11.5. The number of halogens is 1. The van der Waals surface area contributed by atoms with Crippen LogP contribution in [0.2, 0.25) is 0 Å². The SMILES string of the molecule is CC1=CCC(C)(CNC(=O)c2nn(-c3ccc(F)cc3)c(CC[C@@H]3CCCC(=O)O3)c2C(C)C)C(C)C1. The van der Waals surface area contributed by atoms with E-state index in [0.29, 0.717) is 43.1 Å². The Morgan fingerprint density at radius 3 is 2.68 bits per heavy atom. The number of carbonyl (C=O) groups is 2. The van der Waals surface area contributed by atoms with Crippen molar-refractivity contribution in [3.63, 3.8) is 0 Å². The summed E-state index contributed by atoms with van der Waals surface area (Å²) in [6.45, 7) is 11.3. The van der Waals surface area contributed by atoms with Gasteiger partial charge in [0, 0.05) is 24.2 Å². The lowest BCUT2D eigenvalue weighted by Crippen LogP contribution is -2.41. The molecule has 1 aromatic heterocycles. The largest absolute Gasteiger partial charge is 0.462 e. The van der Waals surface area contributed by atoms with Gasteiger partial charge in [0.05, 0.1) is 5.69 Å². The van der Waals surface area contributed by atoms with Gasteiger partial charge in [-0.25, -0.2) is 9.07 Å². The molecule has 1 saturated heterocycles. The van der Waals surface area contributed by atoms with Crippen LogP contribution in [0.5, 0.6) is 0 Å². The van der Waals surface area contributed by atoms with E-state index in [1.807, 2.05) is 0 Å². The van der Waals surface area contributed by atoms with Crippen LogP contribution in [0.15, 0.2) is 35.9 Å². The number of allylic oxidation sites excluding steroid dienone is 2. The second kappa shape index (κ2) is 11.2. The molecule has 1 aliphatic carbocycles. The summed E-state index contributed by atoms with van der Waals surface area (Å²) in [7, 11) is 0. The standard InChI is InChI=1S/C30H40FN3O3/c1-19(2)27-25(14-13-24-7-6-8-26(35)37-24)34(23-11-9-22(31)10-12-23)33-28(27)29(36)32-18-30(5)16-15-20(3)17-21(30)4/h9-12,15,19,21,24H,6-8,13-14,16-18H2,1-5H3,(H,32,36)/t21?,24-,30?/m0/s1. The van der Waals surface area contributed by atoms with Crippen LogP contribution in [-0.4, -0.2) is 34.3 Å². The molecule has 2 aliphatic rings. The van der Waals surface area contributed by atoms with Gasteiger partial charge >= 0.3 is 5.97 Å². The number of amides is 1. The number of carbonyl (C=O) groups excluding carboxylic acids is 2. The van der Waals surface area contributed by atoms with Crippen molar-refractivity contribution in [2.45, 2.75) is 91.6 Å². The fraction of sp³-hybridized carbons (Fsp3) is 0.567. The third-order valence-electron chi connectivity index (χ3n) is 8.18. The molecule has 200 valence electrons. The maximum atomic E-state index is 13.7. The van der Waals surface area contributed by atoms with Crippen molar-refractivity contribution in [2.24, 2.45) is 11.3 Å². The van der Waals surface area contributed by atoms with Crippen molar-refractivity contribution in [3.05, 3.63) is 58.7 Å². The Bertz CT molecular complexity index is 1170. The van der Waals surface area contributed by atoms with E-state index in [0.717, 1.165) is 36.9 Å². The Morgan fingerprint density at radius 1 is 1.30 bits per heavy atom. The highest BCUT2D eigenvalue weighted by Crippen LogP contribution is 2.39. The zero-order valence-electron chi connectivity index (χ0n) is 22.8. The molecular formula is C30H40FN3O3. The second-order valence-corrected chi connectivity index (χ2v) is 11.5. The zero-order chi connectivity index (χ0) is 26.7. The average Bonchev–Trinajstić information content (AvgIpc) is 3.24. The molecule has 6 nitrogen and oxygen atoms in total. The fourth-order valence-corrected chi connectivity index (χ4v) is 5.59. The van der Waals surface area contributed by atoms with Gasteiger partial charge < -0.3 is 10.1 Å². The highest BCUT2D eigenvalue weighted by molar-refractivity contribution is 5.94. The summed E-state index contributed by atoms with van der Waals surface area (Å²) >= 11 is 0. The van der Waals surface area contributed by atoms with Crippen molar-refractivity contribution in [3.8, 4) is 5.69 Å². The quantitative estimate of drug-likeness (QED) is 0.336. The first-order valence-electron chi connectivity index (χ1n) is 13.6. The molecule has 1 aromatic carbocycles. The number of rotatable bonds is 8. The summed E-state index contributed by atoms with van der Waals surface area (Å²) in [6.07, 6.45) is 7.51. The Labute approximate surface area is 219 Å². The van der Waals surface area contributed by atoms with Crippen LogP contribution in [-0.2, 0) is 16.0 Å². The Balaban J connectivity index is 1.64. The van der Waals surface area contributed by atoms with Crippen molar-refractivity contribution in [1.29, 1.82) is 0 Å². The summed E-state index contributed by atoms with van der Waals surface area (Å²) in [5.41, 5.74) is 4.30. The lowest BCUT2D eigenvalue weighted by molar-refractivity contribution is -0.153. The van der Waals surface area contributed by atoms with Gasteiger partial charge in [-0.15, -0.1) is 0 Å². The van der Waals surface area contributed by atoms with Crippen LogP contribution in [0.25, 0.3) is 5.69 Å². The molecule has 2 unspecified atom stereocenters. The molecule has 0 bridgehead atoms. The van der Waals surface area contributed by atoms with Crippen LogP contribution < -0.4 is 5.32 Å². The van der Waals surface area contributed by atoms with Gasteiger partial charge in [-0.1, -0.05) is 39.3 Å². The minimum absolute atomic E-state index is 0.0135. The summed E-state index contributed by atoms with van der Waals surface area (Å²) in [4.78, 5) is 25.4. The van der Waals surface area contributed by atoms with E-state index in [2.05, 4.69) is 46.0 Å². The van der Waals surface area contributed by atoms with Gasteiger partial charge in [0.25, 0.3) is 5.91 Å². The first-order chi connectivity index (χ1) is 17.6. The number of nitrogens with one attached hydrogen (secondary N) is 1. The van der Waals surface area contributed by atoms with Gasteiger partial charge in [-0.2, -0.15) is 5.10 Å². The van der Waals surface area contributed by atoms with Crippen molar-refractivity contribution >= 4 is 11.9 Å². The maximum absolute atomic E-state index is 13.7. The zero-order valence-corrected chi connectivity index (χ0v) is 22.8. The van der Waals surface area contributed by atoms with Crippen LogP contribution in [0.1, 0.15) is 101 Å². The molecular weight excluding hydrogens is 469 g/mol. The Morgan fingerprint density at radius 2 is 2.03 bits per heavy atom. The Hall–Kier alpha value is -2.96. The van der Waals surface area contributed by atoms with Gasteiger partial charge in [-0.05, 0) is 87.0 Å².